The Balaban J connectivity index is 1.77. The molecule has 5 heteroatoms. The van der Waals surface area contributed by atoms with E-state index < -0.39 is 0 Å². The van der Waals surface area contributed by atoms with E-state index in [2.05, 4.69) is 94.2 Å². The summed E-state index contributed by atoms with van der Waals surface area (Å²) in [6.45, 7) is 4.29. The fourth-order valence-electron chi connectivity index (χ4n) is 3.84. The van der Waals surface area contributed by atoms with Crippen LogP contribution in [0.4, 0.5) is 0 Å². The second kappa shape index (κ2) is 8.39. The Morgan fingerprint density at radius 1 is 0.786 bits per heavy atom. The third-order valence-electron chi connectivity index (χ3n) is 5.39. The first-order valence-electron chi connectivity index (χ1n) is 9.18. The van der Waals surface area contributed by atoms with Crippen LogP contribution >= 0.6 is 54.5 Å². The highest BCUT2D eigenvalue weighted by Crippen LogP contribution is 2.42. The number of aryl methyl sites for hydroxylation is 2. The minimum Gasteiger partial charge on any atom is -0.298 e. The Morgan fingerprint density at radius 2 is 1.18 bits per heavy atom. The van der Waals surface area contributed by atoms with Gasteiger partial charge in [0, 0.05) is 29.8 Å². The number of halogens is 2. The molecule has 0 fully saturated rings. The summed E-state index contributed by atoms with van der Waals surface area (Å²) in [5.74, 6) is 0.0205. The molecule has 2 aromatic carbocycles. The summed E-state index contributed by atoms with van der Waals surface area (Å²) < 4.78 is 2.50. The molecule has 0 radical (unpaired) electrons. The van der Waals surface area contributed by atoms with Crippen LogP contribution in [0.2, 0.25) is 0 Å². The first kappa shape index (κ1) is 20.3. The van der Waals surface area contributed by atoms with Gasteiger partial charge in [-0.15, -0.1) is 22.7 Å². The molecular weight excluding hydrogens is 516 g/mol. The van der Waals surface area contributed by atoms with Crippen LogP contribution in [0, 0.1) is 13.8 Å². The van der Waals surface area contributed by atoms with Gasteiger partial charge in [-0.1, -0.05) is 68.3 Å². The van der Waals surface area contributed by atoms with Crippen molar-refractivity contribution in [3.63, 3.8) is 0 Å². The number of hydrogen-bond acceptors (Lipinski definition) is 3. The largest absolute Gasteiger partial charge is 0.298 e. The fourth-order valence-corrected chi connectivity index (χ4v) is 8.20. The van der Waals surface area contributed by atoms with E-state index in [4.69, 9.17) is 0 Å². The lowest BCUT2D eigenvalue weighted by atomic mass is 9.89. The first-order valence-corrected chi connectivity index (χ1v) is 13.1. The number of Topliss-reactive ketones (excluding diaryl/α,β-unsaturated/α-hetero) is 1. The minimum atomic E-state index is -0.135. The average Bonchev–Trinajstić information content (AvgIpc) is 3.22. The van der Waals surface area contributed by atoms with Gasteiger partial charge in [-0.25, -0.2) is 0 Å². The van der Waals surface area contributed by atoms with Gasteiger partial charge in [0.2, 0.25) is 0 Å². The van der Waals surface area contributed by atoms with Crippen LogP contribution < -0.4 is 0 Å². The molecule has 0 saturated carbocycles. The fraction of sp³-hybridized carbons (Fsp3) is 0.261. The molecule has 0 spiro atoms. The number of hydrogen-bond donors (Lipinski definition) is 0. The van der Waals surface area contributed by atoms with E-state index in [1.165, 1.54) is 41.1 Å². The van der Waals surface area contributed by atoms with Crippen molar-refractivity contribution in [1.82, 2.24) is 0 Å². The third-order valence-corrected chi connectivity index (χ3v) is 9.46. The van der Waals surface area contributed by atoms with Crippen molar-refractivity contribution in [2.24, 2.45) is 0 Å². The number of alkyl halides is 2. The van der Waals surface area contributed by atoms with Crippen LogP contribution in [0.1, 0.15) is 32.7 Å². The van der Waals surface area contributed by atoms with Crippen LogP contribution in [0.25, 0.3) is 20.2 Å². The Kier molecular flexibility index (Phi) is 6.07. The zero-order chi connectivity index (χ0) is 19.8. The van der Waals surface area contributed by atoms with Gasteiger partial charge < -0.3 is 0 Å². The topological polar surface area (TPSA) is 17.1 Å². The SMILES string of the molecule is Cc1c(C(CBr)C(=O)C(CBr)c2sc3ccccc3c2C)sc2ccccc12. The van der Waals surface area contributed by atoms with Gasteiger partial charge in [-0.3, -0.25) is 4.79 Å². The van der Waals surface area contributed by atoms with E-state index in [0.717, 1.165) is 0 Å². The first-order chi connectivity index (χ1) is 13.6. The maximum Gasteiger partial charge on any atom is 0.151 e. The molecule has 0 amide bonds. The molecule has 0 aliphatic heterocycles. The second-order valence-corrected chi connectivity index (χ2v) is 10.5. The summed E-state index contributed by atoms with van der Waals surface area (Å²) in [6, 6.07) is 16.9. The quantitative estimate of drug-likeness (QED) is 0.229. The highest BCUT2D eigenvalue weighted by molar-refractivity contribution is 9.09. The maximum absolute atomic E-state index is 13.7. The minimum absolute atomic E-state index is 0.135. The summed E-state index contributed by atoms with van der Waals surface area (Å²) in [5.41, 5.74) is 2.47. The van der Waals surface area contributed by atoms with Gasteiger partial charge >= 0.3 is 0 Å². The summed E-state index contributed by atoms with van der Waals surface area (Å²) in [4.78, 5) is 16.1. The van der Waals surface area contributed by atoms with E-state index >= 15 is 0 Å². The van der Waals surface area contributed by atoms with E-state index in [9.17, 15) is 4.79 Å². The zero-order valence-corrected chi connectivity index (χ0v) is 20.5. The maximum atomic E-state index is 13.7. The Hall–Kier alpha value is -1.01. The van der Waals surface area contributed by atoms with Crippen LogP contribution in [-0.2, 0) is 4.79 Å². The highest BCUT2D eigenvalue weighted by Gasteiger charge is 2.32. The second-order valence-electron chi connectivity index (χ2n) is 6.99. The van der Waals surface area contributed by atoms with Gasteiger partial charge in [0.15, 0.2) is 5.78 Å². The van der Waals surface area contributed by atoms with Crippen molar-refractivity contribution >= 4 is 80.5 Å². The molecule has 2 atom stereocenters. The zero-order valence-electron chi connectivity index (χ0n) is 15.7. The molecule has 4 aromatic rings. The van der Waals surface area contributed by atoms with Gasteiger partial charge in [-0.2, -0.15) is 0 Å². The van der Waals surface area contributed by atoms with Crippen molar-refractivity contribution in [1.29, 1.82) is 0 Å². The number of rotatable bonds is 6. The average molecular weight is 536 g/mol. The number of benzene rings is 2. The standard InChI is InChI=1S/C23H20Br2OS2/c1-13-15-7-3-5-9-19(15)27-22(13)17(11-24)21(26)18(12-25)23-14(2)16-8-4-6-10-20(16)28-23/h3-10,17-18H,11-12H2,1-2H3. The van der Waals surface area contributed by atoms with Crippen LogP contribution in [-0.4, -0.2) is 16.4 Å². The Morgan fingerprint density at radius 3 is 1.54 bits per heavy atom. The Labute approximate surface area is 190 Å². The molecule has 28 heavy (non-hydrogen) atoms. The number of carbonyl (C=O) groups is 1. The molecule has 2 aromatic heterocycles. The molecule has 144 valence electrons. The molecule has 4 rings (SSSR count). The number of carbonyl (C=O) groups excluding carboxylic acids is 1. The molecule has 2 heterocycles. The van der Waals surface area contributed by atoms with E-state index in [0.29, 0.717) is 10.7 Å². The summed E-state index contributed by atoms with van der Waals surface area (Å²) in [6.07, 6.45) is 0. The van der Waals surface area contributed by atoms with Gasteiger partial charge in [-0.05, 0) is 47.9 Å². The summed E-state index contributed by atoms with van der Waals surface area (Å²) >= 11 is 10.8. The molecule has 0 saturated heterocycles. The number of ketones is 1. The van der Waals surface area contributed by atoms with Crippen LogP contribution in [0.3, 0.4) is 0 Å². The van der Waals surface area contributed by atoms with E-state index in [1.54, 1.807) is 22.7 Å². The van der Waals surface area contributed by atoms with Gasteiger partial charge in [0.05, 0.1) is 11.8 Å². The van der Waals surface area contributed by atoms with Gasteiger partial charge in [0.25, 0.3) is 0 Å². The molecule has 0 N–H and O–H groups in total. The molecule has 0 aliphatic rings. The predicted octanol–water partition coefficient (Wildman–Crippen LogP) is 7.96. The van der Waals surface area contributed by atoms with Crippen molar-refractivity contribution in [2.45, 2.75) is 25.7 Å². The normalized spacial score (nSPS) is 13.9. The van der Waals surface area contributed by atoms with Crippen LogP contribution in [0.15, 0.2) is 48.5 Å². The predicted molar refractivity (Wildman–Crippen MR) is 131 cm³/mol. The smallest absolute Gasteiger partial charge is 0.151 e. The van der Waals surface area contributed by atoms with Crippen molar-refractivity contribution in [3.05, 3.63) is 69.4 Å². The van der Waals surface area contributed by atoms with Crippen molar-refractivity contribution in [2.75, 3.05) is 10.7 Å². The molecule has 1 nitrogen and oxygen atoms in total. The molecule has 0 aliphatic carbocycles. The molecule has 0 bridgehead atoms. The molecular formula is C23H20Br2OS2. The monoisotopic (exact) mass is 534 g/mol. The summed E-state index contributed by atoms with van der Waals surface area (Å²) in [7, 11) is 0. The highest BCUT2D eigenvalue weighted by atomic mass is 79.9. The lowest BCUT2D eigenvalue weighted by Crippen LogP contribution is -2.22. The van der Waals surface area contributed by atoms with Crippen LogP contribution in [0.5, 0.6) is 0 Å². The lowest BCUT2D eigenvalue weighted by molar-refractivity contribution is -0.120. The van der Waals surface area contributed by atoms with E-state index in [-0.39, 0.29) is 17.6 Å². The van der Waals surface area contributed by atoms with Crippen molar-refractivity contribution in [3.8, 4) is 0 Å². The molecule has 2 unspecified atom stereocenters. The lowest BCUT2D eigenvalue weighted by Gasteiger charge is -2.19. The van der Waals surface area contributed by atoms with E-state index in [1.807, 2.05) is 0 Å². The third kappa shape index (κ3) is 3.41. The Bertz CT molecular complexity index is 1070. The van der Waals surface area contributed by atoms with Gasteiger partial charge in [0.1, 0.15) is 0 Å². The summed E-state index contributed by atoms with van der Waals surface area (Å²) in [5, 5.41) is 3.81. The number of fused-ring (bicyclic) bond motifs is 2. The number of thiophene rings is 2. The van der Waals surface area contributed by atoms with Crippen molar-refractivity contribution < 1.29 is 4.79 Å².